The van der Waals surface area contributed by atoms with E-state index in [-0.39, 0.29) is 23.6 Å². The molecular weight excluding hydrogens is 477 g/mol. The van der Waals surface area contributed by atoms with E-state index in [2.05, 4.69) is 15.5 Å². The van der Waals surface area contributed by atoms with Crippen molar-refractivity contribution in [1.29, 1.82) is 0 Å². The van der Waals surface area contributed by atoms with Crippen LogP contribution in [0.1, 0.15) is 10.4 Å². The van der Waals surface area contributed by atoms with Gasteiger partial charge in [0.1, 0.15) is 11.6 Å². The quantitative estimate of drug-likeness (QED) is 0.461. The Kier molecular flexibility index (Phi) is 7.92. The summed E-state index contributed by atoms with van der Waals surface area (Å²) in [4.78, 5) is 27.3. The SMILES string of the molecule is O=C(COc1ccccc1C(=O)Nc1ccc(N2CCSCC2)c(Cl)c1)Nc1ccccc1F. The first-order chi connectivity index (χ1) is 16.5. The average Bonchev–Trinajstić information content (AvgIpc) is 2.85. The molecule has 9 heteroatoms. The molecule has 0 aromatic heterocycles. The number of hydrogen-bond acceptors (Lipinski definition) is 5. The van der Waals surface area contributed by atoms with E-state index in [1.54, 1.807) is 36.4 Å². The third kappa shape index (κ3) is 6.01. The molecule has 0 spiro atoms. The fourth-order valence-electron chi connectivity index (χ4n) is 3.52. The number of anilines is 3. The fourth-order valence-corrected chi connectivity index (χ4v) is 4.72. The summed E-state index contributed by atoms with van der Waals surface area (Å²) >= 11 is 8.41. The molecule has 1 aliphatic heterocycles. The number of halogens is 2. The zero-order chi connectivity index (χ0) is 23.9. The summed E-state index contributed by atoms with van der Waals surface area (Å²) in [5.41, 5.74) is 1.82. The molecule has 1 saturated heterocycles. The van der Waals surface area contributed by atoms with Crippen molar-refractivity contribution in [3.63, 3.8) is 0 Å². The molecule has 2 amide bonds. The van der Waals surface area contributed by atoms with Gasteiger partial charge in [-0.3, -0.25) is 9.59 Å². The van der Waals surface area contributed by atoms with Crippen molar-refractivity contribution in [1.82, 2.24) is 0 Å². The van der Waals surface area contributed by atoms with Crippen molar-refractivity contribution in [2.24, 2.45) is 0 Å². The number of carbonyl (C=O) groups is 2. The summed E-state index contributed by atoms with van der Waals surface area (Å²) in [6.07, 6.45) is 0. The highest BCUT2D eigenvalue weighted by molar-refractivity contribution is 7.99. The number of carbonyl (C=O) groups excluding carboxylic acids is 2. The Morgan fingerprint density at radius 1 is 1.00 bits per heavy atom. The lowest BCUT2D eigenvalue weighted by Gasteiger charge is -2.29. The summed E-state index contributed by atoms with van der Waals surface area (Å²) in [7, 11) is 0. The van der Waals surface area contributed by atoms with Gasteiger partial charge in [0.15, 0.2) is 6.61 Å². The standard InChI is InChI=1S/C25H23ClFN3O3S/c26-19-15-17(9-10-22(19)30-11-13-34-14-12-30)28-25(32)18-5-1-4-8-23(18)33-16-24(31)29-21-7-3-2-6-20(21)27/h1-10,15H,11-14,16H2,(H,28,32)(H,29,31). The van der Waals surface area contributed by atoms with E-state index < -0.39 is 17.6 Å². The van der Waals surface area contributed by atoms with E-state index >= 15 is 0 Å². The highest BCUT2D eigenvalue weighted by Gasteiger charge is 2.17. The van der Waals surface area contributed by atoms with Crippen LogP contribution in [0.3, 0.4) is 0 Å². The number of nitrogens with zero attached hydrogens (tertiary/aromatic N) is 1. The Labute approximate surface area is 206 Å². The molecule has 0 saturated carbocycles. The Balaban J connectivity index is 1.40. The maximum absolute atomic E-state index is 13.7. The van der Waals surface area contributed by atoms with Crippen LogP contribution in [0.15, 0.2) is 66.7 Å². The molecule has 3 aromatic carbocycles. The number of para-hydroxylation sites is 2. The predicted octanol–water partition coefficient (Wildman–Crippen LogP) is 5.30. The fraction of sp³-hybridized carbons (Fsp3) is 0.200. The number of rotatable bonds is 7. The van der Waals surface area contributed by atoms with E-state index in [4.69, 9.17) is 16.3 Å². The van der Waals surface area contributed by atoms with Gasteiger partial charge in [-0.2, -0.15) is 11.8 Å². The van der Waals surface area contributed by atoms with Crippen LogP contribution in [0.5, 0.6) is 5.75 Å². The number of thioether (sulfide) groups is 1. The molecule has 0 bridgehead atoms. The third-order valence-electron chi connectivity index (χ3n) is 5.20. The van der Waals surface area contributed by atoms with Crippen LogP contribution in [-0.4, -0.2) is 43.0 Å². The first kappa shape index (κ1) is 23.9. The lowest BCUT2D eigenvalue weighted by molar-refractivity contribution is -0.118. The maximum atomic E-state index is 13.7. The molecule has 0 radical (unpaired) electrons. The van der Waals surface area contributed by atoms with Gasteiger partial charge < -0.3 is 20.3 Å². The average molecular weight is 500 g/mol. The van der Waals surface area contributed by atoms with Gasteiger partial charge in [0, 0.05) is 30.3 Å². The van der Waals surface area contributed by atoms with Crippen LogP contribution in [0.4, 0.5) is 21.5 Å². The minimum Gasteiger partial charge on any atom is -0.483 e. The van der Waals surface area contributed by atoms with E-state index in [9.17, 15) is 14.0 Å². The topological polar surface area (TPSA) is 70.7 Å². The zero-order valence-corrected chi connectivity index (χ0v) is 19.8. The first-order valence-electron chi connectivity index (χ1n) is 10.7. The number of amides is 2. The maximum Gasteiger partial charge on any atom is 0.262 e. The second-order valence-corrected chi connectivity index (χ2v) is 9.16. The molecule has 1 heterocycles. The normalized spacial score (nSPS) is 13.3. The molecule has 176 valence electrons. The molecule has 0 atom stereocenters. The van der Waals surface area contributed by atoms with Crippen molar-refractivity contribution in [2.75, 3.05) is 46.7 Å². The molecule has 2 N–H and O–H groups in total. The Morgan fingerprint density at radius 2 is 1.74 bits per heavy atom. The van der Waals surface area contributed by atoms with Crippen molar-refractivity contribution >= 4 is 52.2 Å². The molecular formula is C25H23ClFN3O3S. The highest BCUT2D eigenvalue weighted by atomic mass is 35.5. The van der Waals surface area contributed by atoms with Gasteiger partial charge in [0.2, 0.25) is 0 Å². The van der Waals surface area contributed by atoms with Gasteiger partial charge >= 0.3 is 0 Å². The molecule has 1 fully saturated rings. The van der Waals surface area contributed by atoms with Crippen molar-refractivity contribution in [2.45, 2.75) is 0 Å². The summed E-state index contributed by atoms with van der Waals surface area (Å²) in [5.74, 6) is 0.868. The minimum atomic E-state index is -0.543. The second kappa shape index (κ2) is 11.3. The van der Waals surface area contributed by atoms with Gasteiger partial charge in [-0.15, -0.1) is 0 Å². The van der Waals surface area contributed by atoms with Crippen LogP contribution in [0.2, 0.25) is 5.02 Å². The van der Waals surface area contributed by atoms with Crippen molar-refractivity contribution < 1.29 is 18.7 Å². The van der Waals surface area contributed by atoms with Crippen LogP contribution in [-0.2, 0) is 4.79 Å². The molecule has 4 rings (SSSR count). The van der Waals surface area contributed by atoms with Gasteiger partial charge in [0.25, 0.3) is 11.8 Å². The van der Waals surface area contributed by atoms with Crippen LogP contribution in [0.25, 0.3) is 0 Å². The zero-order valence-electron chi connectivity index (χ0n) is 18.2. The van der Waals surface area contributed by atoms with E-state index in [0.717, 1.165) is 30.3 Å². The summed E-state index contributed by atoms with van der Waals surface area (Å²) in [6, 6.07) is 17.9. The molecule has 1 aliphatic rings. The molecule has 0 aliphatic carbocycles. The highest BCUT2D eigenvalue weighted by Crippen LogP contribution is 2.31. The summed E-state index contributed by atoms with van der Waals surface area (Å²) < 4.78 is 19.3. The Morgan fingerprint density at radius 3 is 2.50 bits per heavy atom. The number of nitrogens with one attached hydrogen (secondary N) is 2. The van der Waals surface area contributed by atoms with Gasteiger partial charge in [0.05, 0.1) is 22.0 Å². The van der Waals surface area contributed by atoms with Crippen LogP contribution in [0, 0.1) is 5.82 Å². The molecule has 3 aromatic rings. The summed E-state index contributed by atoms with van der Waals surface area (Å²) in [6.45, 7) is 1.49. The largest absolute Gasteiger partial charge is 0.483 e. The minimum absolute atomic E-state index is 0.0609. The first-order valence-corrected chi connectivity index (χ1v) is 12.2. The van der Waals surface area contributed by atoms with Crippen LogP contribution < -0.4 is 20.3 Å². The molecule has 0 unspecified atom stereocenters. The number of benzene rings is 3. The van der Waals surface area contributed by atoms with Gasteiger partial charge in [-0.25, -0.2) is 4.39 Å². The number of ether oxygens (including phenoxy) is 1. The van der Waals surface area contributed by atoms with Crippen LogP contribution >= 0.6 is 23.4 Å². The third-order valence-corrected chi connectivity index (χ3v) is 6.44. The molecule has 34 heavy (non-hydrogen) atoms. The lowest BCUT2D eigenvalue weighted by atomic mass is 10.1. The van der Waals surface area contributed by atoms with E-state index in [1.165, 1.54) is 18.2 Å². The monoisotopic (exact) mass is 499 g/mol. The number of hydrogen-bond donors (Lipinski definition) is 2. The lowest BCUT2D eigenvalue weighted by Crippen LogP contribution is -2.32. The second-order valence-electron chi connectivity index (χ2n) is 7.53. The van der Waals surface area contributed by atoms with Crippen molar-refractivity contribution in [3.8, 4) is 5.75 Å². The Bertz CT molecular complexity index is 1190. The van der Waals surface area contributed by atoms with E-state index in [1.807, 2.05) is 23.9 Å². The summed E-state index contributed by atoms with van der Waals surface area (Å²) in [5, 5.41) is 5.84. The predicted molar refractivity (Wildman–Crippen MR) is 136 cm³/mol. The van der Waals surface area contributed by atoms with Gasteiger partial charge in [-0.05, 0) is 42.5 Å². The van der Waals surface area contributed by atoms with Crippen molar-refractivity contribution in [3.05, 3.63) is 83.1 Å². The van der Waals surface area contributed by atoms with E-state index in [0.29, 0.717) is 10.7 Å². The van der Waals surface area contributed by atoms with Gasteiger partial charge in [-0.1, -0.05) is 35.9 Å². The molecule has 6 nitrogen and oxygen atoms in total. The smallest absolute Gasteiger partial charge is 0.262 e. The Hall–Kier alpha value is -3.23.